The van der Waals surface area contributed by atoms with Crippen LogP contribution in [0.2, 0.25) is 0 Å². The van der Waals surface area contributed by atoms with E-state index in [-0.39, 0.29) is 11.8 Å². The fraction of sp³-hybridized carbons (Fsp3) is 0.647. The number of pyridine rings is 1. The highest BCUT2D eigenvalue weighted by Crippen LogP contribution is 2.23. The highest BCUT2D eigenvalue weighted by atomic mass is 16.6. The molecule has 2 heterocycles. The van der Waals surface area contributed by atoms with Gasteiger partial charge in [-0.3, -0.25) is 4.98 Å². The SMILES string of the molecule is CC(C)(C)OC(=O)N1CCC(CCc2ccc(O)cn2)CC1. The molecule has 0 aliphatic carbocycles. The van der Waals surface area contributed by atoms with Crippen molar-refractivity contribution >= 4 is 6.09 Å². The van der Waals surface area contributed by atoms with E-state index in [2.05, 4.69) is 4.98 Å². The van der Waals surface area contributed by atoms with Crippen LogP contribution < -0.4 is 0 Å². The van der Waals surface area contributed by atoms with Crippen LogP contribution in [0.15, 0.2) is 18.3 Å². The molecule has 0 aromatic carbocycles. The van der Waals surface area contributed by atoms with Crippen LogP contribution >= 0.6 is 0 Å². The fourth-order valence-corrected chi connectivity index (χ4v) is 2.65. The molecule has 1 amide bonds. The second-order valence-electron chi connectivity index (χ2n) is 6.96. The Hall–Kier alpha value is -1.78. The minimum absolute atomic E-state index is 0.203. The Balaban J connectivity index is 1.73. The van der Waals surface area contributed by atoms with Crippen LogP contribution in [0.25, 0.3) is 0 Å². The third-order valence-corrected chi connectivity index (χ3v) is 3.88. The molecule has 0 radical (unpaired) electrons. The largest absolute Gasteiger partial charge is 0.506 e. The molecule has 5 heteroatoms. The minimum atomic E-state index is -0.432. The maximum atomic E-state index is 12.0. The smallest absolute Gasteiger partial charge is 0.410 e. The summed E-state index contributed by atoms with van der Waals surface area (Å²) in [5.74, 6) is 0.823. The molecule has 0 saturated carbocycles. The predicted molar refractivity (Wildman–Crippen MR) is 84.8 cm³/mol. The van der Waals surface area contributed by atoms with Crippen molar-refractivity contribution < 1.29 is 14.6 Å². The summed E-state index contributed by atoms with van der Waals surface area (Å²) in [6, 6.07) is 3.54. The molecular formula is C17H26N2O3. The van der Waals surface area contributed by atoms with Crippen LogP contribution in [0.4, 0.5) is 4.79 Å². The average Bonchev–Trinajstić information content (AvgIpc) is 2.45. The molecule has 1 aromatic rings. The number of ether oxygens (including phenoxy) is 1. The Bertz CT molecular complexity index is 486. The molecule has 0 bridgehead atoms. The first-order chi connectivity index (χ1) is 10.3. The Kier molecular flexibility index (Phi) is 5.27. The molecule has 1 fully saturated rings. The number of carbonyl (C=O) groups excluding carboxylic acids is 1. The van der Waals surface area contributed by atoms with E-state index in [1.165, 1.54) is 6.20 Å². The van der Waals surface area contributed by atoms with E-state index in [0.29, 0.717) is 5.92 Å². The molecule has 1 saturated heterocycles. The Morgan fingerprint density at radius 2 is 2.05 bits per heavy atom. The number of piperidine rings is 1. The number of aromatic hydroxyl groups is 1. The third kappa shape index (κ3) is 5.20. The summed E-state index contributed by atoms with van der Waals surface area (Å²) in [6.07, 6.45) is 5.29. The molecule has 0 unspecified atom stereocenters. The highest BCUT2D eigenvalue weighted by molar-refractivity contribution is 5.68. The van der Waals surface area contributed by atoms with E-state index in [4.69, 9.17) is 4.74 Å². The molecule has 1 aliphatic rings. The van der Waals surface area contributed by atoms with Crippen molar-refractivity contribution in [3.63, 3.8) is 0 Å². The van der Waals surface area contributed by atoms with Crippen molar-refractivity contribution in [2.24, 2.45) is 5.92 Å². The van der Waals surface area contributed by atoms with Gasteiger partial charge in [0.05, 0.1) is 6.20 Å². The van der Waals surface area contributed by atoms with Crippen molar-refractivity contribution in [1.82, 2.24) is 9.88 Å². The molecule has 2 rings (SSSR count). The van der Waals surface area contributed by atoms with Crippen molar-refractivity contribution in [3.8, 4) is 5.75 Å². The van der Waals surface area contributed by atoms with Gasteiger partial charge in [0.25, 0.3) is 0 Å². The first-order valence-electron chi connectivity index (χ1n) is 7.95. The number of aryl methyl sites for hydroxylation is 1. The van der Waals surface area contributed by atoms with Gasteiger partial charge in [0.1, 0.15) is 11.4 Å². The van der Waals surface area contributed by atoms with Gasteiger partial charge < -0.3 is 14.7 Å². The lowest BCUT2D eigenvalue weighted by atomic mass is 9.91. The molecular weight excluding hydrogens is 280 g/mol. The van der Waals surface area contributed by atoms with Crippen LogP contribution in [0.5, 0.6) is 5.75 Å². The van der Waals surface area contributed by atoms with Crippen LogP contribution in [0.3, 0.4) is 0 Å². The maximum absolute atomic E-state index is 12.0. The number of amides is 1. The standard InChI is InChI=1S/C17H26N2O3/c1-17(2,3)22-16(21)19-10-8-13(9-11-19)4-5-14-6-7-15(20)12-18-14/h6-7,12-13,20H,4-5,8-11H2,1-3H3. The van der Waals surface area contributed by atoms with Crippen molar-refractivity contribution in [2.75, 3.05) is 13.1 Å². The van der Waals surface area contributed by atoms with Crippen LogP contribution in [0, 0.1) is 5.92 Å². The number of rotatable bonds is 3. The number of nitrogens with zero attached hydrogens (tertiary/aromatic N) is 2. The van der Waals surface area contributed by atoms with Gasteiger partial charge in [-0.1, -0.05) is 0 Å². The summed E-state index contributed by atoms with van der Waals surface area (Å²) in [4.78, 5) is 18.0. The van der Waals surface area contributed by atoms with E-state index in [1.54, 1.807) is 11.0 Å². The van der Waals surface area contributed by atoms with Gasteiger partial charge in [-0.15, -0.1) is 0 Å². The van der Waals surface area contributed by atoms with Gasteiger partial charge in [0.2, 0.25) is 0 Å². The van der Waals surface area contributed by atoms with Gasteiger partial charge in [-0.2, -0.15) is 0 Å². The lowest BCUT2D eigenvalue weighted by molar-refractivity contribution is 0.0181. The zero-order valence-electron chi connectivity index (χ0n) is 13.7. The average molecular weight is 306 g/mol. The number of hydrogen-bond donors (Lipinski definition) is 1. The van der Waals surface area contributed by atoms with Crippen LogP contribution in [0.1, 0.15) is 45.7 Å². The van der Waals surface area contributed by atoms with Gasteiger partial charge in [-0.05, 0) is 64.5 Å². The number of carbonyl (C=O) groups is 1. The van der Waals surface area contributed by atoms with E-state index >= 15 is 0 Å². The fourth-order valence-electron chi connectivity index (χ4n) is 2.65. The second-order valence-corrected chi connectivity index (χ2v) is 6.96. The molecule has 22 heavy (non-hydrogen) atoms. The summed E-state index contributed by atoms with van der Waals surface area (Å²) in [5.41, 5.74) is 0.575. The maximum Gasteiger partial charge on any atom is 0.410 e. The van der Waals surface area contributed by atoms with E-state index < -0.39 is 5.60 Å². The number of aromatic nitrogens is 1. The second kappa shape index (κ2) is 6.99. The predicted octanol–water partition coefficient (Wildman–Crippen LogP) is 3.37. The normalized spacial score (nSPS) is 16.6. The topological polar surface area (TPSA) is 62.7 Å². The number of likely N-dealkylation sites (tertiary alicyclic amines) is 1. The molecule has 1 aliphatic heterocycles. The Morgan fingerprint density at radius 1 is 1.36 bits per heavy atom. The van der Waals surface area contributed by atoms with Gasteiger partial charge in [0.15, 0.2) is 0 Å². The zero-order valence-corrected chi connectivity index (χ0v) is 13.7. The van der Waals surface area contributed by atoms with Crippen LogP contribution in [-0.2, 0) is 11.2 Å². The lowest BCUT2D eigenvalue weighted by Gasteiger charge is -2.33. The monoisotopic (exact) mass is 306 g/mol. The molecule has 122 valence electrons. The molecule has 1 N–H and O–H groups in total. The first-order valence-corrected chi connectivity index (χ1v) is 7.95. The van der Waals surface area contributed by atoms with E-state index in [1.807, 2.05) is 26.8 Å². The summed E-state index contributed by atoms with van der Waals surface area (Å²) in [6.45, 7) is 7.21. The zero-order chi connectivity index (χ0) is 16.2. The van der Waals surface area contributed by atoms with Gasteiger partial charge >= 0.3 is 6.09 Å². The first kappa shape index (κ1) is 16.6. The summed E-state index contributed by atoms with van der Waals surface area (Å²) >= 11 is 0. The van der Waals surface area contributed by atoms with Crippen molar-refractivity contribution in [3.05, 3.63) is 24.0 Å². The molecule has 0 atom stereocenters. The van der Waals surface area contributed by atoms with Crippen molar-refractivity contribution in [1.29, 1.82) is 0 Å². The summed E-state index contributed by atoms with van der Waals surface area (Å²) < 4.78 is 5.41. The molecule has 1 aromatic heterocycles. The van der Waals surface area contributed by atoms with E-state index in [0.717, 1.165) is 44.5 Å². The van der Waals surface area contributed by atoms with Crippen LogP contribution in [-0.4, -0.2) is 39.8 Å². The summed E-state index contributed by atoms with van der Waals surface area (Å²) in [5, 5.41) is 9.22. The van der Waals surface area contributed by atoms with Crippen molar-refractivity contribution in [2.45, 2.75) is 52.1 Å². The Labute approximate surface area is 132 Å². The quantitative estimate of drug-likeness (QED) is 0.930. The molecule has 5 nitrogen and oxygen atoms in total. The lowest BCUT2D eigenvalue weighted by Crippen LogP contribution is -2.41. The summed E-state index contributed by atoms with van der Waals surface area (Å²) in [7, 11) is 0. The number of hydrogen-bond acceptors (Lipinski definition) is 4. The molecule has 0 spiro atoms. The Morgan fingerprint density at radius 3 is 2.59 bits per heavy atom. The van der Waals surface area contributed by atoms with Gasteiger partial charge in [-0.25, -0.2) is 4.79 Å². The minimum Gasteiger partial charge on any atom is -0.506 e. The third-order valence-electron chi connectivity index (χ3n) is 3.88. The van der Waals surface area contributed by atoms with Gasteiger partial charge in [0, 0.05) is 18.8 Å². The highest BCUT2D eigenvalue weighted by Gasteiger charge is 2.26. The van der Waals surface area contributed by atoms with E-state index in [9.17, 15) is 9.90 Å².